The Hall–Kier alpha value is -2.48. The molecular formula is C23H24N2O4S. The van der Waals surface area contributed by atoms with Crippen LogP contribution in [0.15, 0.2) is 64.6 Å². The fraction of sp³-hybridized carbons (Fsp3) is 0.348. The molecule has 1 unspecified atom stereocenters. The van der Waals surface area contributed by atoms with Crippen LogP contribution in [0.25, 0.3) is 0 Å². The van der Waals surface area contributed by atoms with Gasteiger partial charge in [0.1, 0.15) is 13.2 Å². The van der Waals surface area contributed by atoms with Gasteiger partial charge in [-0.2, -0.15) is 0 Å². The van der Waals surface area contributed by atoms with Crippen LogP contribution in [0.2, 0.25) is 0 Å². The van der Waals surface area contributed by atoms with E-state index >= 15 is 0 Å². The lowest BCUT2D eigenvalue weighted by molar-refractivity contribution is -0.132. The molecule has 0 radical (unpaired) electrons. The van der Waals surface area contributed by atoms with Crippen LogP contribution in [0, 0.1) is 0 Å². The number of aliphatic hydroxyl groups is 1. The summed E-state index contributed by atoms with van der Waals surface area (Å²) in [5, 5.41) is 9.81. The molecule has 0 fully saturated rings. The number of hydrogen-bond acceptors (Lipinski definition) is 6. The van der Waals surface area contributed by atoms with Crippen LogP contribution >= 0.6 is 11.9 Å². The average Bonchev–Trinajstić information content (AvgIpc) is 3.33. The quantitative estimate of drug-likeness (QED) is 0.588. The van der Waals surface area contributed by atoms with E-state index in [1.807, 2.05) is 47.4 Å². The topological polar surface area (TPSA) is 62.2 Å². The lowest BCUT2D eigenvalue weighted by Gasteiger charge is -2.26. The number of benzene rings is 2. The van der Waals surface area contributed by atoms with Crippen LogP contribution in [0.3, 0.4) is 0 Å². The summed E-state index contributed by atoms with van der Waals surface area (Å²) >= 11 is 1.71. The first kappa shape index (κ1) is 19.5. The van der Waals surface area contributed by atoms with Crippen LogP contribution in [0.4, 0.5) is 0 Å². The first-order valence-electron chi connectivity index (χ1n) is 10.2. The Bertz CT molecular complexity index is 960. The summed E-state index contributed by atoms with van der Waals surface area (Å²) < 4.78 is 13.6. The molecule has 0 saturated carbocycles. The highest BCUT2D eigenvalue weighted by Crippen LogP contribution is 2.38. The zero-order valence-corrected chi connectivity index (χ0v) is 17.4. The second kappa shape index (κ2) is 8.34. The average molecular weight is 425 g/mol. The van der Waals surface area contributed by atoms with Gasteiger partial charge in [0, 0.05) is 31.1 Å². The Morgan fingerprint density at radius 2 is 1.67 bits per heavy atom. The lowest BCUT2D eigenvalue weighted by Crippen LogP contribution is -2.37. The Morgan fingerprint density at radius 1 is 0.967 bits per heavy atom. The number of rotatable bonds is 5. The third-order valence-electron chi connectivity index (χ3n) is 5.74. The van der Waals surface area contributed by atoms with Crippen molar-refractivity contribution in [2.24, 2.45) is 0 Å². The second-order valence-corrected chi connectivity index (χ2v) is 8.91. The van der Waals surface area contributed by atoms with Crippen LogP contribution in [0.5, 0.6) is 11.5 Å². The van der Waals surface area contributed by atoms with Crippen molar-refractivity contribution in [2.75, 3.05) is 46.0 Å². The molecule has 3 aliphatic heterocycles. The number of amides is 1. The Kier molecular flexibility index (Phi) is 5.41. The van der Waals surface area contributed by atoms with Gasteiger partial charge in [-0.1, -0.05) is 30.3 Å². The minimum absolute atomic E-state index is 0.00383. The van der Waals surface area contributed by atoms with E-state index in [4.69, 9.17) is 9.47 Å². The zero-order chi connectivity index (χ0) is 20.5. The van der Waals surface area contributed by atoms with Crippen LogP contribution in [-0.4, -0.2) is 66.2 Å². The maximum absolute atomic E-state index is 13.0. The first-order valence-corrected chi connectivity index (χ1v) is 11.0. The SMILES string of the molecule is O=C(C(CO)c1ccccc1)N1CC2=C(CN(Sc3ccc4c(c3)OCCO4)C2)C1. The predicted octanol–water partition coefficient (Wildman–Crippen LogP) is 2.70. The summed E-state index contributed by atoms with van der Waals surface area (Å²) in [6.45, 7) is 3.99. The maximum Gasteiger partial charge on any atom is 0.233 e. The summed E-state index contributed by atoms with van der Waals surface area (Å²) in [5.41, 5.74) is 3.50. The monoisotopic (exact) mass is 424 g/mol. The van der Waals surface area contributed by atoms with Crippen LogP contribution < -0.4 is 9.47 Å². The Labute approximate surface area is 180 Å². The highest BCUT2D eigenvalue weighted by molar-refractivity contribution is 7.97. The van der Waals surface area contributed by atoms with E-state index in [0.29, 0.717) is 26.3 Å². The smallest absolute Gasteiger partial charge is 0.233 e. The third-order valence-corrected chi connectivity index (χ3v) is 6.72. The number of fused-ring (bicyclic) bond motifs is 1. The van der Waals surface area contributed by atoms with Crippen molar-refractivity contribution in [2.45, 2.75) is 10.8 Å². The molecule has 3 heterocycles. The van der Waals surface area contributed by atoms with Crippen molar-refractivity contribution in [1.82, 2.24) is 9.21 Å². The van der Waals surface area contributed by atoms with E-state index in [1.54, 1.807) is 11.9 Å². The number of aliphatic hydroxyl groups excluding tert-OH is 1. The van der Waals surface area contributed by atoms with Crippen molar-refractivity contribution in [1.29, 1.82) is 0 Å². The van der Waals surface area contributed by atoms with Gasteiger partial charge in [0.25, 0.3) is 0 Å². The van der Waals surface area contributed by atoms with E-state index in [0.717, 1.165) is 35.0 Å². The molecule has 1 N–H and O–H groups in total. The molecule has 1 amide bonds. The normalized spacial score (nSPS) is 19.2. The number of carbonyl (C=O) groups is 1. The van der Waals surface area contributed by atoms with E-state index in [9.17, 15) is 9.90 Å². The van der Waals surface area contributed by atoms with Gasteiger partial charge in [-0.3, -0.25) is 4.79 Å². The third kappa shape index (κ3) is 3.80. The van der Waals surface area contributed by atoms with Crippen molar-refractivity contribution in [3.8, 4) is 11.5 Å². The largest absolute Gasteiger partial charge is 0.486 e. The van der Waals surface area contributed by atoms with E-state index in [-0.39, 0.29) is 12.5 Å². The Morgan fingerprint density at radius 3 is 2.37 bits per heavy atom. The van der Waals surface area contributed by atoms with Gasteiger partial charge in [-0.15, -0.1) is 0 Å². The predicted molar refractivity (Wildman–Crippen MR) is 115 cm³/mol. The molecule has 0 aliphatic carbocycles. The summed E-state index contributed by atoms with van der Waals surface area (Å²) in [5.74, 6) is 1.12. The summed E-state index contributed by atoms with van der Waals surface area (Å²) in [4.78, 5) is 16.0. The highest BCUT2D eigenvalue weighted by atomic mass is 32.2. The summed E-state index contributed by atoms with van der Waals surface area (Å²) in [6, 6.07) is 15.6. The number of ether oxygens (including phenoxy) is 2. The van der Waals surface area contributed by atoms with Gasteiger partial charge in [0.15, 0.2) is 11.5 Å². The second-order valence-electron chi connectivity index (χ2n) is 7.74. The number of carbonyl (C=O) groups excluding carboxylic acids is 1. The standard InChI is InChI=1S/C23H24N2O4S/c26-15-20(16-4-2-1-3-5-16)23(27)24-11-17-13-25(14-18(17)12-24)30-19-6-7-21-22(10-19)29-9-8-28-21/h1-7,10,20,26H,8-9,11-15H2. The molecule has 5 rings (SSSR count). The number of nitrogens with zero attached hydrogens (tertiary/aromatic N) is 2. The fourth-order valence-corrected chi connectivity index (χ4v) is 5.25. The van der Waals surface area contributed by atoms with E-state index in [1.165, 1.54) is 11.1 Å². The first-order chi connectivity index (χ1) is 14.7. The zero-order valence-electron chi connectivity index (χ0n) is 16.6. The van der Waals surface area contributed by atoms with Crippen molar-refractivity contribution in [3.05, 3.63) is 65.2 Å². The molecule has 30 heavy (non-hydrogen) atoms. The molecule has 156 valence electrons. The summed E-state index contributed by atoms with van der Waals surface area (Å²) in [7, 11) is 0. The van der Waals surface area contributed by atoms with Crippen LogP contribution in [-0.2, 0) is 4.79 Å². The molecule has 0 saturated heterocycles. The molecule has 0 aromatic heterocycles. The molecule has 7 heteroatoms. The maximum atomic E-state index is 13.0. The molecular weight excluding hydrogens is 400 g/mol. The minimum Gasteiger partial charge on any atom is -0.486 e. The van der Waals surface area contributed by atoms with Gasteiger partial charge in [0.2, 0.25) is 5.91 Å². The molecule has 1 atom stereocenters. The Balaban J connectivity index is 1.19. The van der Waals surface area contributed by atoms with Crippen LogP contribution in [0.1, 0.15) is 11.5 Å². The fourth-order valence-electron chi connectivity index (χ4n) is 4.23. The van der Waals surface area contributed by atoms with Gasteiger partial charge < -0.3 is 19.5 Å². The number of hydrogen-bond donors (Lipinski definition) is 1. The van der Waals surface area contributed by atoms with Crippen molar-refractivity contribution >= 4 is 17.9 Å². The van der Waals surface area contributed by atoms with Gasteiger partial charge in [-0.25, -0.2) is 4.31 Å². The highest BCUT2D eigenvalue weighted by Gasteiger charge is 2.35. The van der Waals surface area contributed by atoms with Gasteiger partial charge in [-0.05, 0) is 46.9 Å². The van der Waals surface area contributed by atoms with E-state index < -0.39 is 5.92 Å². The molecule has 2 aromatic carbocycles. The molecule has 6 nitrogen and oxygen atoms in total. The van der Waals surface area contributed by atoms with Gasteiger partial charge in [0.05, 0.1) is 12.5 Å². The van der Waals surface area contributed by atoms with Crippen molar-refractivity contribution < 1.29 is 19.4 Å². The van der Waals surface area contributed by atoms with E-state index in [2.05, 4.69) is 10.4 Å². The van der Waals surface area contributed by atoms with Crippen molar-refractivity contribution in [3.63, 3.8) is 0 Å². The molecule has 0 bridgehead atoms. The molecule has 3 aliphatic rings. The molecule has 2 aromatic rings. The lowest BCUT2D eigenvalue weighted by atomic mass is 9.98. The van der Waals surface area contributed by atoms with Gasteiger partial charge >= 0.3 is 0 Å². The minimum atomic E-state index is -0.491. The summed E-state index contributed by atoms with van der Waals surface area (Å²) in [6.07, 6.45) is 0. The molecule has 0 spiro atoms.